The summed E-state index contributed by atoms with van der Waals surface area (Å²) in [7, 11) is 0. The number of ether oxygens (including phenoxy) is 1. The third-order valence-corrected chi connectivity index (χ3v) is 4.51. The van der Waals surface area contributed by atoms with E-state index >= 15 is 0 Å². The summed E-state index contributed by atoms with van der Waals surface area (Å²) in [5, 5.41) is 3.07. The molecule has 1 atom stereocenters. The van der Waals surface area contributed by atoms with Crippen molar-refractivity contribution < 1.29 is 9.53 Å². The van der Waals surface area contributed by atoms with Gasteiger partial charge in [-0.1, -0.05) is 31.3 Å². The smallest absolute Gasteiger partial charge is 0.266 e. The number of hydrogen-bond donors (Lipinski definition) is 2. The van der Waals surface area contributed by atoms with Crippen molar-refractivity contribution in [2.24, 2.45) is 21.6 Å². The van der Waals surface area contributed by atoms with Crippen molar-refractivity contribution >= 4 is 40.6 Å². The largest absolute Gasteiger partial charge is 0.386 e. The zero-order valence-corrected chi connectivity index (χ0v) is 14.9. The van der Waals surface area contributed by atoms with Crippen LogP contribution in [0.25, 0.3) is 0 Å². The van der Waals surface area contributed by atoms with Crippen LogP contribution in [0.2, 0.25) is 0 Å². The zero-order chi connectivity index (χ0) is 17.8. The summed E-state index contributed by atoms with van der Waals surface area (Å²) >= 11 is 5.37. The summed E-state index contributed by atoms with van der Waals surface area (Å²) in [6, 6.07) is 7.88. The lowest BCUT2D eigenvalue weighted by Crippen LogP contribution is -2.47. The molecule has 0 aliphatic carbocycles. The van der Waals surface area contributed by atoms with Gasteiger partial charge in [-0.05, 0) is 24.1 Å². The SMILES string of the molecule is CCc1ccc(NC(=S)C2C(=O)N=C(N3CCOCC3)N=C2N)cc1. The van der Waals surface area contributed by atoms with Gasteiger partial charge in [0.1, 0.15) is 16.7 Å². The predicted octanol–water partition coefficient (Wildman–Crippen LogP) is 1.19. The van der Waals surface area contributed by atoms with Crippen LogP contribution in [0, 0.1) is 5.92 Å². The van der Waals surface area contributed by atoms with Gasteiger partial charge in [-0.3, -0.25) is 4.79 Å². The molecule has 1 aromatic rings. The van der Waals surface area contributed by atoms with Gasteiger partial charge in [0, 0.05) is 18.8 Å². The molecule has 132 valence electrons. The average molecular weight is 359 g/mol. The van der Waals surface area contributed by atoms with E-state index in [0.717, 1.165) is 12.1 Å². The lowest BCUT2D eigenvalue weighted by atomic mass is 10.1. The first-order valence-corrected chi connectivity index (χ1v) is 8.68. The van der Waals surface area contributed by atoms with Crippen LogP contribution in [0.4, 0.5) is 5.69 Å². The van der Waals surface area contributed by atoms with Crippen molar-refractivity contribution in [3.63, 3.8) is 0 Å². The first kappa shape index (κ1) is 17.5. The van der Waals surface area contributed by atoms with Gasteiger partial charge in [0.25, 0.3) is 5.91 Å². The van der Waals surface area contributed by atoms with Gasteiger partial charge >= 0.3 is 0 Å². The highest BCUT2D eigenvalue weighted by atomic mass is 32.1. The minimum atomic E-state index is -0.828. The molecule has 1 amide bonds. The lowest BCUT2D eigenvalue weighted by Gasteiger charge is -2.30. The molecule has 0 bridgehead atoms. The number of anilines is 1. The number of carbonyl (C=O) groups excluding carboxylic acids is 1. The van der Waals surface area contributed by atoms with Crippen LogP contribution in [-0.4, -0.2) is 53.9 Å². The van der Waals surface area contributed by atoms with E-state index in [1.165, 1.54) is 5.56 Å². The summed E-state index contributed by atoms with van der Waals surface area (Å²) in [4.78, 5) is 23.0. The Kier molecular flexibility index (Phi) is 5.40. The van der Waals surface area contributed by atoms with E-state index < -0.39 is 11.8 Å². The Morgan fingerprint density at radius 1 is 1.32 bits per heavy atom. The topological polar surface area (TPSA) is 92.3 Å². The van der Waals surface area contributed by atoms with Crippen molar-refractivity contribution in [3.8, 4) is 0 Å². The Labute approximate surface area is 152 Å². The Balaban J connectivity index is 1.70. The van der Waals surface area contributed by atoms with Crippen LogP contribution >= 0.6 is 12.2 Å². The van der Waals surface area contributed by atoms with Gasteiger partial charge in [-0.2, -0.15) is 9.98 Å². The number of aliphatic imine (C=N–C) groups is 2. The predicted molar refractivity (Wildman–Crippen MR) is 102 cm³/mol. The highest BCUT2D eigenvalue weighted by molar-refractivity contribution is 7.80. The molecule has 3 N–H and O–H groups in total. The first-order valence-electron chi connectivity index (χ1n) is 8.27. The molecular weight excluding hydrogens is 338 g/mol. The van der Waals surface area contributed by atoms with Gasteiger partial charge < -0.3 is 20.7 Å². The molecular formula is C17H21N5O2S. The van der Waals surface area contributed by atoms with Crippen LogP contribution < -0.4 is 11.1 Å². The Hall–Kier alpha value is -2.32. The maximum Gasteiger partial charge on any atom is 0.266 e. The lowest BCUT2D eigenvalue weighted by molar-refractivity contribution is -0.118. The highest BCUT2D eigenvalue weighted by Crippen LogP contribution is 2.16. The second-order valence-corrected chi connectivity index (χ2v) is 6.30. The van der Waals surface area contributed by atoms with E-state index in [-0.39, 0.29) is 5.84 Å². The van der Waals surface area contributed by atoms with Crippen LogP contribution in [0.15, 0.2) is 34.3 Å². The van der Waals surface area contributed by atoms with Crippen LogP contribution in [-0.2, 0) is 16.0 Å². The maximum absolute atomic E-state index is 12.5. The monoisotopic (exact) mass is 359 g/mol. The standard InChI is InChI=1S/C17H21N5O2S/c1-2-11-3-5-12(6-4-11)19-16(25)13-14(18)20-17(21-15(13)23)22-7-9-24-10-8-22/h3-6,13H,2,7-10H2,1H3,(H,19,25)(H2,18,20,21,23). The van der Waals surface area contributed by atoms with E-state index in [1.807, 2.05) is 29.2 Å². The van der Waals surface area contributed by atoms with E-state index in [9.17, 15) is 4.79 Å². The van der Waals surface area contributed by atoms with Crippen molar-refractivity contribution in [2.75, 3.05) is 31.6 Å². The second kappa shape index (κ2) is 7.71. The molecule has 0 spiro atoms. The number of morpholine rings is 1. The fourth-order valence-electron chi connectivity index (χ4n) is 2.68. The van der Waals surface area contributed by atoms with Gasteiger partial charge in [-0.15, -0.1) is 0 Å². The summed E-state index contributed by atoms with van der Waals surface area (Å²) in [6.07, 6.45) is 0.963. The number of benzene rings is 1. The molecule has 1 unspecified atom stereocenters. The number of nitrogens with one attached hydrogen (secondary N) is 1. The van der Waals surface area contributed by atoms with Gasteiger partial charge in [-0.25, -0.2) is 0 Å². The van der Waals surface area contributed by atoms with Crippen LogP contribution in [0.3, 0.4) is 0 Å². The third-order valence-electron chi connectivity index (χ3n) is 4.17. The van der Waals surface area contributed by atoms with Gasteiger partial charge in [0.05, 0.1) is 13.2 Å². The Morgan fingerprint density at radius 3 is 2.60 bits per heavy atom. The van der Waals surface area contributed by atoms with Crippen LogP contribution in [0.1, 0.15) is 12.5 Å². The zero-order valence-electron chi connectivity index (χ0n) is 14.1. The first-order chi connectivity index (χ1) is 12.1. The summed E-state index contributed by atoms with van der Waals surface area (Å²) < 4.78 is 5.29. The number of aryl methyl sites for hydroxylation is 1. The molecule has 1 saturated heterocycles. The normalized spacial score (nSPS) is 20.8. The molecule has 3 rings (SSSR count). The van der Waals surface area contributed by atoms with Crippen LogP contribution in [0.5, 0.6) is 0 Å². The van der Waals surface area contributed by atoms with Crippen molar-refractivity contribution in [3.05, 3.63) is 29.8 Å². The molecule has 0 saturated carbocycles. The van der Waals surface area contributed by atoms with Crippen molar-refractivity contribution in [2.45, 2.75) is 13.3 Å². The Morgan fingerprint density at radius 2 is 2.00 bits per heavy atom. The minimum Gasteiger partial charge on any atom is -0.386 e. The quantitative estimate of drug-likeness (QED) is 0.788. The van der Waals surface area contributed by atoms with Crippen molar-refractivity contribution in [1.82, 2.24) is 4.90 Å². The Bertz CT molecular complexity index is 723. The van der Waals surface area contributed by atoms with E-state index in [1.54, 1.807) is 0 Å². The number of carbonyl (C=O) groups is 1. The molecule has 7 nitrogen and oxygen atoms in total. The molecule has 2 aliphatic heterocycles. The second-order valence-electron chi connectivity index (χ2n) is 5.86. The van der Waals surface area contributed by atoms with Crippen molar-refractivity contribution in [1.29, 1.82) is 0 Å². The molecule has 2 heterocycles. The van der Waals surface area contributed by atoms with E-state index in [0.29, 0.717) is 37.3 Å². The molecule has 25 heavy (non-hydrogen) atoms. The molecule has 0 radical (unpaired) electrons. The number of guanidine groups is 1. The fraction of sp³-hybridized carbons (Fsp3) is 0.412. The number of amides is 1. The van der Waals surface area contributed by atoms with Gasteiger partial charge in [0.15, 0.2) is 0 Å². The van der Waals surface area contributed by atoms with Gasteiger partial charge in [0.2, 0.25) is 5.96 Å². The average Bonchev–Trinajstić information content (AvgIpc) is 2.62. The third kappa shape index (κ3) is 4.02. The maximum atomic E-state index is 12.5. The fourth-order valence-corrected chi connectivity index (χ4v) is 3.02. The van der Waals surface area contributed by atoms with E-state index in [2.05, 4.69) is 22.2 Å². The number of thiocarbonyl (C=S) groups is 1. The summed E-state index contributed by atoms with van der Waals surface area (Å²) in [6.45, 7) is 4.54. The minimum absolute atomic E-state index is 0.171. The molecule has 0 aromatic heterocycles. The number of nitrogens with zero attached hydrogens (tertiary/aromatic N) is 3. The molecule has 8 heteroatoms. The summed E-state index contributed by atoms with van der Waals surface area (Å²) in [5.74, 6) is -0.705. The number of amidine groups is 1. The number of rotatable bonds is 3. The molecule has 1 aromatic carbocycles. The van der Waals surface area contributed by atoms with E-state index in [4.69, 9.17) is 22.7 Å². The molecule has 1 fully saturated rings. The highest BCUT2D eigenvalue weighted by Gasteiger charge is 2.33. The number of nitrogens with two attached hydrogens (primary N) is 1. The molecule has 2 aliphatic rings. The number of hydrogen-bond acceptors (Lipinski definition) is 6. The summed E-state index contributed by atoms with van der Waals surface area (Å²) in [5.41, 5.74) is 8.07.